The fraction of sp³-hybridized carbons (Fsp3) is 0.167. The molecule has 2 aromatic rings. The molecule has 0 saturated heterocycles. The third kappa shape index (κ3) is 0.839. The monoisotopic (exact) mass is 170 g/mol. The Morgan fingerprint density at radius 3 is 3.30 bits per heavy atom. The molecule has 0 bridgehead atoms. The fourth-order valence-corrected chi connectivity index (χ4v) is 1.96. The quantitative estimate of drug-likeness (QED) is 0.610. The van der Waals surface area contributed by atoms with Crippen molar-refractivity contribution in [3.8, 4) is 0 Å². The summed E-state index contributed by atoms with van der Waals surface area (Å²) in [6.45, 7) is 0. The van der Waals surface area contributed by atoms with E-state index < -0.39 is 0 Å². The average molecular weight is 170 g/mol. The molecule has 2 heterocycles. The van der Waals surface area contributed by atoms with Crippen LogP contribution in [0.4, 0.5) is 0 Å². The number of thiazole rings is 1. The smallest absolute Gasteiger partial charge is 0.194 e. The Morgan fingerprint density at radius 1 is 1.70 bits per heavy atom. The highest BCUT2D eigenvalue weighted by Crippen LogP contribution is 2.17. The molecule has 0 spiro atoms. The molecule has 10 heavy (non-hydrogen) atoms. The summed E-state index contributed by atoms with van der Waals surface area (Å²) in [4.78, 5) is 5.41. The highest BCUT2D eigenvalue weighted by molar-refractivity contribution is 7.98. The van der Waals surface area contributed by atoms with E-state index in [4.69, 9.17) is 0 Å². The van der Waals surface area contributed by atoms with Gasteiger partial charge in [0.1, 0.15) is 5.03 Å². The number of fused-ring (bicyclic) bond motifs is 1. The van der Waals surface area contributed by atoms with Crippen molar-refractivity contribution in [2.24, 2.45) is 0 Å². The van der Waals surface area contributed by atoms with Gasteiger partial charge in [0.15, 0.2) is 4.96 Å². The summed E-state index contributed by atoms with van der Waals surface area (Å²) in [5, 5.41) is 3.12. The predicted molar refractivity (Wildman–Crippen MR) is 44.9 cm³/mol. The first-order chi connectivity index (χ1) is 4.90. The molecule has 0 unspecified atom stereocenters. The van der Waals surface area contributed by atoms with E-state index in [0.29, 0.717) is 0 Å². The van der Waals surface area contributed by atoms with Crippen LogP contribution >= 0.6 is 23.1 Å². The zero-order valence-electron chi connectivity index (χ0n) is 5.44. The van der Waals surface area contributed by atoms with Gasteiger partial charge in [-0.05, 0) is 6.26 Å². The van der Waals surface area contributed by atoms with Crippen molar-refractivity contribution in [1.29, 1.82) is 0 Å². The first kappa shape index (κ1) is 6.24. The molecule has 0 radical (unpaired) electrons. The van der Waals surface area contributed by atoms with Gasteiger partial charge in [-0.15, -0.1) is 23.1 Å². The minimum absolute atomic E-state index is 1.07. The van der Waals surface area contributed by atoms with Crippen molar-refractivity contribution in [3.05, 3.63) is 17.8 Å². The predicted octanol–water partition coefficient (Wildman–Crippen LogP) is 2.12. The van der Waals surface area contributed by atoms with Gasteiger partial charge in [0.05, 0.1) is 0 Å². The van der Waals surface area contributed by atoms with Gasteiger partial charge in [-0.2, -0.15) is 0 Å². The summed E-state index contributed by atoms with van der Waals surface area (Å²) >= 11 is 3.34. The van der Waals surface area contributed by atoms with Crippen LogP contribution in [0.25, 0.3) is 4.96 Å². The highest BCUT2D eigenvalue weighted by atomic mass is 32.2. The fourth-order valence-electron chi connectivity index (χ4n) is 0.804. The minimum Gasteiger partial charge on any atom is -0.297 e. The van der Waals surface area contributed by atoms with Gasteiger partial charge < -0.3 is 0 Å². The first-order valence-corrected chi connectivity index (χ1v) is 4.97. The zero-order chi connectivity index (χ0) is 6.97. The number of thioether (sulfide) groups is 1. The Labute approximate surface area is 66.9 Å². The third-order valence-electron chi connectivity index (χ3n) is 1.28. The lowest BCUT2D eigenvalue weighted by Crippen LogP contribution is -1.66. The van der Waals surface area contributed by atoms with Crippen LogP contribution in [0.1, 0.15) is 0 Å². The zero-order valence-corrected chi connectivity index (χ0v) is 7.08. The third-order valence-corrected chi connectivity index (χ3v) is 2.67. The molecule has 0 N–H and O–H groups in total. The molecule has 52 valence electrons. The van der Waals surface area contributed by atoms with Gasteiger partial charge in [-0.1, -0.05) is 0 Å². The molecule has 0 aliphatic heterocycles. The second-order valence-corrected chi connectivity index (χ2v) is 3.58. The van der Waals surface area contributed by atoms with Crippen LogP contribution in [0.5, 0.6) is 0 Å². The van der Waals surface area contributed by atoms with E-state index >= 15 is 0 Å². The van der Waals surface area contributed by atoms with Gasteiger partial charge in [0.2, 0.25) is 0 Å². The van der Waals surface area contributed by atoms with Crippen LogP contribution in [0, 0.1) is 0 Å². The van der Waals surface area contributed by atoms with E-state index in [-0.39, 0.29) is 0 Å². The maximum Gasteiger partial charge on any atom is 0.194 e. The molecule has 0 aliphatic carbocycles. The van der Waals surface area contributed by atoms with Crippen molar-refractivity contribution >= 4 is 28.1 Å². The maximum absolute atomic E-state index is 4.34. The molecule has 2 rings (SSSR count). The average Bonchev–Trinajstić information content (AvgIpc) is 2.42. The van der Waals surface area contributed by atoms with Crippen molar-refractivity contribution < 1.29 is 0 Å². The summed E-state index contributed by atoms with van der Waals surface area (Å²) in [6.07, 6.45) is 6.09. The maximum atomic E-state index is 4.34. The molecule has 4 heteroatoms. The number of aromatic nitrogens is 2. The SMILES string of the molecule is CSc1cn2ccsc2n1. The van der Waals surface area contributed by atoms with Crippen molar-refractivity contribution in [2.75, 3.05) is 6.26 Å². The Balaban J connectivity index is 2.67. The largest absolute Gasteiger partial charge is 0.297 e. The lowest BCUT2D eigenvalue weighted by atomic mass is 10.9. The van der Waals surface area contributed by atoms with Crippen LogP contribution in [0.3, 0.4) is 0 Å². The van der Waals surface area contributed by atoms with Gasteiger partial charge >= 0.3 is 0 Å². The van der Waals surface area contributed by atoms with Gasteiger partial charge in [0, 0.05) is 17.8 Å². The summed E-state index contributed by atoms with van der Waals surface area (Å²) in [6, 6.07) is 0. The van der Waals surface area contributed by atoms with Crippen molar-refractivity contribution in [1.82, 2.24) is 9.38 Å². The molecule has 0 fully saturated rings. The molecule has 0 atom stereocenters. The minimum atomic E-state index is 1.07. The van der Waals surface area contributed by atoms with Gasteiger partial charge in [-0.25, -0.2) is 4.98 Å². The topological polar surface area (TPSA) is 17.3 Å². The molecule has 0 aliphatic rings. The van der Waals surface area contributed by atoms with E-state index in [0.717, 1.165) is 9.99 Å². The number of hydrogen-bond acceptors (Lipinski definition) is 3. The number of imidazole rings is 1. The molecule has 2 nitrogen and oxygen atoms in total. The number of rotatable bonds is 1. The molecular weight excluding hydrogens is 164 g/mol. The highest BCUT2D eigenvalue weighted by Gasteiger charge is 1.98. The first-order valence-electron chi connectivity index (χ1n) is 2.86. The number of hydrogen-bond donors (Lipinski definition) is 0. The normalized spacial score (nSPS) is 10.9. The van der Waals surface area contributed by atoms with Crippen LogP contribution in [0.15, 0.2) is 22.8 Å². The van der Waals surface area contributed by atoms with E-state index in [1.54, 1.807) is 23.1 Å². The summed E-state index contributed by atoms with van der Waals surface area (Å²) < 4.78 is 2.04. The standard InChI is InChI=1S/C6H6N2S2/c1-9-5-4-8-2-3-10-6(8)7-5/h2-4H,1H3. The van der Waals surface area contributed by atoms with E-state index in [1.165, 1.54) is 0 Å². The molecule has 0 amide bonds. The molecule has 0 aromatic carbocycles. The Bertz CT molecular complexity index is 307. The second kappa shape index (κ2) is 2.29. The summed E-state index contributed by atoms with van der Waals surface area (Å²) in [7, 11) is 0. The molecule has 2 aromatic heterocycles. The Hall–Kier alpha value is -0.480. The van der Waals surface area contributed by atoms with Gasteiger partial charge in [-0.3, -0.25) is 4.40 Å². The molecule has 0 saturated carbocycles. The van der Waals surface area contributed by atoms with Crippen LogP contribution in [0.2, 0.25) is 0 Å². The van der Waals surface area contributed by atoms with Crippen LogP contribution in [-0.4, -0.2) is 15.6 Å². The second-order valence-electron chi connectivity index (χ2n) is 1.88. The lowest BCUT2D eigenvalue weighted by molar-refractivity contribution is 1.20. The van der Waals surface area contributed by atoms with Gasteiger partial charge in [0.25, 0.3) is 0 Å². The summed E-state index contributed by atoms with van der Waals surface area (Å²) in [5.74, 6) is 0. The summed E-state index contributed by atoms with van der Waals surface area (Å²) in [5.41, 5.74) is 0. The number of nitrogens with zero attached hydrogens (tertiary/aromatic N) is 2. The van der Waals surface area contributed by atoms with E-state index in [1.807, 2.05) is 28.4 Å². The van der Waals surface area contributed by atoms with Crippen molar-refractivity contribution in [2.45, 2.75) is 5.03 Å². The van der Waals surface area contributed by atoms with Crippen LogP contribution in [-0.2, 0) is 0 Å². The molecular formula is C6H6N2S2. The van der Waals surface area contributed by atoms with Crippen molar-refractivity contribution in [3.63, 3.8) is 0 Å². The van der Waals surface area contributed by atoms with Crippen LogP contribution < -0.4 is 0 Å². The van der Waals surface area contributed by atoms with E-state index in [2.05, 4.69) is 4.98 Å². The Kier molecular flexibility index (Phi) is 1.43. The Morgan fingerprint density at radius 2 is 2.60 bits per heavy atom. The lowest BCUT2D eigenvalue weighted by Gasteiger charge is -1.78. The van der Waals surface area contributed by atoms with E-state index in [9.17, 15) is 0 Å².